The number of rotatable bonds is 13. The first-order valence-electron chi connectivity index (χ1n) is 8.82. The molecule has 0 amide bonds. The molecule has 24 heavy (non-hydrogen) atoms. The van der Waals surface area contributed by atoms with Crippen LogP contribution in [0.4, 0.5) is 0 Å². The van der Waals surface area contributed by atoms with Gasteiger partial charge in [-0.25, -0.2) is 0 Å². The van der Waals surface area contributed by atoms with Crippen molar-refractivity contribution in [1.29, 1.82) is 0 Å². The first kappa shape index (κ1) is 22.6. The van der Waals surface area contributed by atoms with Crippen LogP contribution in [0, 0.1) is 5.92 Å². The molecule has 0 aliphatic heterocycles. The maximum absolute atomic E-state index is 11.3. The van der Waals surface area contributed by atoms with Crippen molar-refractivity contribution in [2.45, 2.75) is 65.7 Å². The fraction of sp³-hybridized carbons (Fsp3) is 0.650. The lowest BCUT2D eigenvalue weighted by atomic mass is 9.95. The van der Waals surface area contributed by atoms with Gasteiger partial charge < -0.3 is 15.3 Å². The van der Waals surface area contributed by atoms with Crippen molar-refractivity contribution in [2.24, 2.45) is 5.92 Å². The van der Waals surface area contributed by atoms with E-state index >= 15 is 0 Å². The Morgan fingerprint density at radius 3 is 2.21 bits per heavy atom. The molecule has 4 heteroatoms. The number of aliphatic hydroxyl groups is 2. The van der Waals surface area contributed by atoms with Gasteiger partial charge in [-0.15, -0.1) is 0 Å². The molecule has 138 valence electrons. The molecule has 0 bridgehead atoms. The largest absolute Gasteiger partial charge is 0.481 e. The van der Waals surface area contributed by atoms with Crippen LogP contribution in [0.3, 0.4) is 0 Å². The number of carboxylic acids is 1. The number of carbonyl (C=O) groups is 1. The predicted octanol–water partition coefficient (Wildman–Crippen LogP) is 4.24. The zero-order valence-corrected chi connectivity index (χ0v) is 15.4. The highest BCUT2D eigenvalue weighted by Crippen LogP contribution is 2.19. The van der Waals surface area contributed by atoms with Gasteiger partial charge in [-0.2, -0.15) is 0 Å². The first-order chi connectivity index (χ1) is 11.4. The summed E-state index contributed by atoms with van der Waals surface area (Å²) in [5, 5.41) is 27.2. The van der Waals surface area contributed by atoms with Crippen molar-refractivity contribution in [1.82, 2.24) is 0 Å². The van der Waals surface area contributed by atoms with E-state index in [-0.39, 0.29) is 19.1 Å². The molecular formula is C20H34O4. The van der Waals surface area contributed by atoms with Crippen LogP contribution in [0.25, 0.3) is 0 Å². The molecule has 0 aliphatic rings. The van der Waals surface area contributed by atoms with Gasteiger partial charge in [0.2, 0.25) is 0 Å². The smallest absolute Gasteiger partial charge is 0.306 e. The fourth-order valence-electron chi connectivity index (χ4n) is 2.57. The Labute approximate surface area is 146 Å². The molecule has 0 fully saturated rings. The van der Waals surface area contributed by atoms with E-state index in [0.717, 1.165) is 37.7 Å². The van der Waals surface area contributed by atoms with Crippen molar-refractivity contribution in [3.05, 3.63) is 34.9 Å². The lowest BCUT2D eigenvalue weighted by molar-refractivity contribution is -0.142. The Bertz CT molecular complexity index is 443. The average Bonchev–Trinajstić information content (AvgIpc) is 2.52. The number of aliphatic hydroxyl groups excluding tert-OH is 2. The fourth-order valence-corrected chi connectivity index (χ4v) is 2.57. The van der Waals surface area contributed by atoms with Gasteiger partial charge in [-0.1, -0.05) is 29.4 Å². The Kier molecular flexibility index (Phi) is 13.2. The highest BCUT2D eigenvalue weighted by Gasteiger charge is 2.15. The van der Waals surface area contributed by atoms with Crippen LogP contribution in [-0.2, 0) is 4.79 Å². The summed E-state index contributed by atoms with van der Waals surface area (Å²) in [6, 6.07) is 0. The van der Waals surface area contributed by atoms with Crippen LogP contribution in [0.5, 0.6) is 0 Å². The Morgan fingerprint density at radius 1 is 0.958 bits per heavy atom. The Balaban J connectivity index is 4.16. The molecule has 1 unspecified atom stereocenters. The standard InChI is InChI=1S/C20H34O4/c1-16(2)7-4-11-19(20(23)24)12-6-9-17(3)8-5-10-18(15-22)13-14-21/h7-8,13,19,21-22H,4-6,9-12,14-15H2,1-3H3,(H,23,24). The normalized spacial score (nSPS) is 13.7. The summed E-state index contributed by atoms with van der Waals surface area (Å²) < 4.78 is 0. The zero-order valence-electron chi connectivity index (χ0n) is 15.4. The molecule has 3 N–H and O–H groups in total. The monoisotopic (exact) mass is 338 g/mol. The van der Waals surface area contributed by atoms with E-state index in [4.69, 9.17) is 10.2 Å². The van der Waals surface area contributed by atoms with E-state index in [1.807, 2.05) is 13.8 Å². The summed E-state index contributed by atoms with van der Waals surface area (Å²) in [4.78, 5) is 11.3. The minimum Gasteiger partial charge on any atom is -0.481 e. The molecule has 0 aromatic heterocycles. The minimum atomic E-state index is -0.694. The van der Waals surface area contributed by atoms with E-state index in [1.165, 1.54) is 11.1 Å². The van der Waals surface area contributed by atoms with Gasteiger partial charge in [0.15, 0.2) is 0 Å². The number of hydrogen-bond acceptors (Lipinski definition) is 3. The minimum absolute atomic E-state index is 0.0145. The van der Waals surface area contributed by atoms with Gasteiger partial charge in [0.25, 0.3) is 0 Å². The van der Waals surface area contributed by atoms with Gasteiger partial charge >= 0.3 is 5.97 Å². The summed E-state index contributed by atoms with van der Waals surface area (Å²) in [6.45, 7) is 6.07. The summed E-state index contributed by atoms with van der Waals surface area (Å²) in [5.74, 6) is -0.956. The topological polar surface area (TPSA) is 77.8 Å². The predicted molar refractivity (Wildman–Crippen MR) is 98.9 cm³/mol. The molecular weight excluding hydrogens is 304 g/mol. The van der Waals surface area contributed by atoms with Crippen LogP contribution >= 0.6 is 0 Å². The molecule has 0 aromatic rings. The third-order valence-corrected chi connectivity index (χ3v) is 4.08. The molecule has 4 nitrogen and oxygen atoms in total. The first-order valence-corrected chi connectivity index (χ1v) is 8.82. The van der Waals surface area contributed by atoms with E-state index < -0.39 is 5.97 Å². The molecule has 0 radical (unpaired) electrons. The third-order valence-electron chi connectivity index (χ3n) is 4.08. The third kappa shape index (κ3) is 12.1. The maximum atomic E-state index is 11.3. The van der Waals surface area contributed by atoms with E-state index in [1.54, 1.807) is 6.08 Å². The summed E-state index contributed by atoms with van der Waals surface area (Å²) in [6.07, 6.45) is 11.5. The molecule has 0 heterocycles. The number of hydrogen-bond donors (Lipinski definition) is 3. The highest BCUT2D eigenvalue weighted by molar-refractivity contribution is 5.69. The molecule has 0 spiro atoms. The molecule has 0 saturated carbocycles. The summed E-state index contributed by atoms with van der Waals surface area (Å²) in [7, 11) is 0. The van der Waals surface area contributed by atoms with E-state index in [9.17, 15) is 9.90 Å². The number of carboxylic acid groups (broad SMARTS) is 1. The van der Waals surface area contributed by atoms with Crippen molar-refractivity contribution < 1.29 is 20.1 Å². The van der Waals surface area contributed by atoms with Crippen LogP contribution in [0.1, 0.15) is 65.7 Å². The molecule has 0 rings (SSSR count). The van der Waals surface area contributed by atoms with Gasteiger partial charge in [0.1, 0.15) is 0 Å². The second kappa shape index (κ2) is 14.0. The lowest BCUT2D eigenvalue weighted by Gasteiger charge is -2.11. The maximum Gasteiger partial charge on any atom is 0.306 e. The van der Waals surface area contributed by atoms with Gasteiger partial charge in [0, 0.05) is 0 Å². The molecule has 0 saturated heterocycles. The summed E-state index contributed by atoms with van der Waals surface area (Å²) >= 11 is 0. The van der Waals surface area contributed by atoms with E-state index in [0.29, 0.717) is 12.8 Å². The average molecular weight is 338 g/mol. The van der Waals surface area contributed by atoms with Gasteiger partial charge in [-0.3, -0.25) is 4.79 Å². The summed E-state index contributed by atoms with van der Waals surface area (Å²) in [5.41, 5.74) is 3.34. The van der Waals surface area contributed by atoms with Gasteiger partial charge in [-0.05, 0) is 71.3 Å². The van der Waals surface area contributed by atoms with Crippen molar-refractivity contribution in [3.63, 3.8) is 0 Å². The van der Waals surface area contributed by atoms with Crippen LogP contribution in [0.2, 0.25) is 0 Å². The highest BCUT2D eigenvalue weighted by atomic mass is 16.4. The van der Waals surface area contributed by atoms with Crippen LogP contribution in [-0.4, -0.2) is 34.5 Å². The quantitative estimate of drug-likeness (QED) is 0.439. The molecule has 1 atom stereocenters. The van der Waals surface area contributed by atoms with Gasteiger partial charge in [0.05, 0.1) is 19.1 Å². The second-order valence-corrected chi connectivity index (χ2v) is 6.58. The van der Waals surface area contributed by atoms with Crippen LogP contribution < -0.4 is 0 Å². The Hall–Kier alpha value is -1.39. The number of aliphatic carboxylic acids is 1. The van der Waals surface area contributed by atoms with E-state index in [2.05, 4.69) is 19.1 Å². The zero-order chi connectivity index (χ0) is 18.4. The van der Waals surface area contributed by atoms with Crippen molar-refractivity contribution in [3.8, 4) is 0 Å². The molecule has 0 aromatic carbocycles. The molecule has 0 aliphatic carbocycles. The lowest BCUT2D eigenvalue weighted by Crippen LogP contribution is -2.13. The number of allylic oxidation sites excluding steroid dienone is 4. The van der Waals surface area contributed by atoms with Crippen molar-refractivity contribution >= 4 is 5.97 Å². The second-order valence-electron chi connectivity index (χ2n) is 6.58. The van der Waals surface area contributed by atoms with Crippen LogP contribution in [0.15, 0.2) is 34.9 Å². The SMILES string of the molecule is CC(C)=CCCC(CCCC(C)=CCCC(=CCO)CO)C(=O)O. The van der Waals surface area contributed by atoms with Crippen molar-refractivity contribution in [2.75, 3.05) is 13.2 Å². The Morgan fingerprint density at radius 2 is 1.67 bits per heavy atom.